The second kappa shape index (κ2) is 8.67. The fraction of sp³-hybridized carbons (Fsp3) is 0.150. The van der Waals surface area contributed by atoms with Crippen molar-refractivity contribution in [3.05, 3.63) is 62.1 Å². The highest BCUT2D eigenvalue weighted by Crippen LogP contribution is 2.37. The minimum Gasteiger partial charge on any atom is -0.492 e. The molecule has 1 aromatic heterocycles. The third-order valence-electron chi connectivity index (χ3n) is 4.01. The second-order valence-corrected chi connectivity index (χ2v) is 7.17. The van der Waals surface area contributed by atoms with Crippen LogP contribution in [0.4, 0.5) is 0 Å². The topological polar surface area (TPSA) is 102 Å². The number of halogens is 2. The average Bonchev–Trinajstić information content (AvgIpc) is 2.67. The first-order chi connectivity index (χ1) is 13.8. The Morgan fingerprint density at radius 2 is 2.10 bits per heavy atom. The molecule has 2 N–H and O–H groups in total. The smallest absolute Gasteiger partial charge is 0.335 e. The number of carbonyl (C=O) groups is 1. The number of aromatic nitrogens is 2. The minimum absolute atomic E-state index is 0.0297. The van der Waals surface area contributed by atoms with E-state index >= 15 is 0 Å². The van der Waals surface area contributed by atoms with Crippen LogP contribution in [0.5, 0.6) is 11.5 Å². The van der Waals surface area contributed by atoms with E-state index in [1.165, 1.54) is 18.2 Å². The first kappa shape index (κ1) is 20.9. The van der Waals surface area contributed by atoms with Gasteiger partial charge in [0.15, 0.2) is 17.3 Å². The highest BCUT2D eigenvalue weighted by molar-refractivity contribution is 9.10. The van der Waals surface area contributed by atoms with Crippen LogP contribution in [0, 0.1) is 0 Å². The maximum atomic E-state index is 12.3. The molecule has 0 saturated carbocycles. The monoisotopic (exact) mass is 478 g/mol. The Bertz CT molecular complexity index is 1190. The summed E-state index contributed by atoms with van der Waals surface area (Å²) in [7, 11) is 1.54. The lowest BCUT2D eigenvalue weighted by Crippen LogP contribution is -2.11. The quantitative estimate of drug-likeness (QED) is 0.539. The number of fused-ring (bicyclic) bond motifs is 1. The van der Waals surface area contributed by atoms with E-state index in [4.69, 9.17) is 26.2 Å². The van der Waals surface area contributed by atoms with Crippen molar-refractivity contribution >= 4 is 55.5 Å². The summed E-state index contributed by atoms with van der Waals surface area (Å²) in [5.74, 6) is 0.102. The lowest BCUT2D eigenvalue weighted by molar-refractivity contribution is 0.0697. The summed E-state index contributed by atoms with van der Waals surface area (Å²) >= 11 is 9.83. The highest BCUT2D eigenvalue weighted by Gasteiger charge is 2.13. The van der Waals surface area contributed by atoms with Crippen molar-refractivity contribution in [2.24, 2.45) is 0 Å². The summed E-state index contributed by atoms with van der Waals surface area (Å²) < 4.78 is 11.6. The second-order valence-electron chi connectivity index (χ2n) is 5.91. The summed E-state index contributed by atoms with van der Waals surface area (Å²) in [5.41, 5.74) is 0.538. The van der Waals surface area contributed by atoms with Gasteiger partial charge in [-0.1, -0.05) is 11.6 Å². The van der Waals surface area contributed by atoms with Crippen LogP contribution >= 0.6 is 27.5 Å². The normalized spacial score (nSPS) is 11.5. The molecule has 0 saturated heterocycles. The van der Waals surface area contributed by atoms with Crippen molar-refractivity contribution in [2.45, 2.75) is 6.92 Å². The van der Waals surface area contributed by atoms with Gasteiger partial charge in [-0.25, -0.2) is 9.78 Å². The maximum Gasteiger partial charge on any atom is 0.335 e. The molecule has 7 nitrogen and oxygen atoms in total. The number of hydrogen-bond donors (Lipinski definition) is 2. The molecule has 0 bridgehead atoms. The molecule has 2 aromatic carbocycles. The Balaban J connectivity index is 2.09. The molecule has 0 fully saturated rings. The molecule has 150 valence electrons. The maximum absolute atomic E-state index is 12.3. The molecular weight excluding hydrogens is 464 g/mol. The molecule has 0 aliphatic heterocycles. The SMILES string of the molecule is CCOc1cc(/C=C(\Cl)c2nc3cc(C(=O)O)ccc3c(=O)[nH]2)cc(Br)c1OC. The Labute approximate surface area is 179 Å². The van der Waals surface area contributed by atoms with Gasteiger partial charge in [-0.2, -0.15) is 0 Å². The van der Waals surface area contributed by atoms with E-state index < -0.39 is 11.5 Å². The molecule has 0 aliphatic carbocycles. The zero-order valence-electron chi connectivity index (χ0n) is 15.5. The van der Waals surface area contributed by atoms with Crippen LogP contribution in [0.1, 0.15) is 28.7 Å². The van der Waals surface area contributed by atoms with Crippen molar-refractivity contribution in [1.29, 1.82) is 0 Å². The predicted octanol–water partition coefficient (Wildman–Crippen LogP) is 4.53. The number of carboxylic acid groups (broad SMARTS) is 1. The fourth-order valence-electron chi connectivity index (χ4n) is 2.73. The van der Waals surface area contributed by atoms with Crippen LogP contribution in [0.2, 0.25) is 0 Å². The van der Waals surface area contributed by atoms with Gasteiger partial charge in [0.1, 0.15) is 0 Å². The number of nitrogens with zero attached hydrogens (tertiary/aromatic N) is 1. The van der Waals surface area contributed by atoms with Crippen LogP contribution in [-0.4, -0.2) is 34.8 Å². The van der Waals surface area contributed by atoms with Gasteiger partial charge in [-0.05, 0) is 64.8 Å². The minimum atomic E-state index is -1.11. The standard InChI is InChI=1S/C20H16BrClN2O5/c1-3-29-16-8-10(6-13(21)17(16)28-2)7-14(22)18-23-15-9-11(20(26)27)4-5-12(15)19(25)24-18/h4-9H,3H2,1-2H3,(H,26,27)(H,23,24,25)/b14-7-. The summed E-state index contributed by atoms with van der Waals surface area (Å²) in [5, 5.41) is 9.59. The number of carboxylic acids is 1. The van der Waals surface area contributed by atoms with Gasteiger partial charge < -0.3 is 19.6 Å². The lowest BCUT2D eigenvalue weighted by atomic mass is 10.1. The Morgan fingerprint density at radius 1 is 1.34 bits per heavy atom. The molecule has 1 heterocycles. The lowest BCUT2D eigenvalue weighted by Gasteiger charge is -2.12. The third kappa shape index (κ3) is 4.44. The first-order valence-electron chi connectivity index (χ1n) is 8.49. The van der Waals surface area contributed by atoms with E-state index in [1.54, 1.807) is 25.3 Å². The highest BCUT2D eigenvalue weighted by atomic mass is 79.9. The van der Waals surface area contributed by atoms with Crippen LogP contribution in [-0.2, 0) is 0 Å². The number of aromatic amines is 1. The summed E-state index contributed by atoms with van der Waals surface area (Å²) in [6.45, 7) is 2.31. The number of methoxy groups -OCH3 is 1. The summed E-state index contributed by atoms with van der Waals surface area (Å²) in [6, 6.07) is 7.63. The van der Waals surface area contributed by atoms with Gasteiger partial charge in [0.25, 0.3) is 5.56 Å². The molecule has 29 heavy (non-hydrogen) atoms. The van der Waals surface area contributed by atoms with Gasteiger partial charge in [-0.15, -0.1) is 0 Å². The largest absolute Gasteiger partial charge is 0.492 e. The zero-order chi connectivity index (χ0) is 21.1. The summed E-state index contributed by atoms with van der Waals surface area (Å²) in [4.78, 5) is 30.4. The predicted molar refractivity (Wildman–Crippen MR) is 115 cm³/mol. The van der Waals surface area contributed by atoms with Gasteiger partial charge in [-0.3, -0.25) is 4.79 Å². The fourth-order valence-corrected chi connectivity index (χ4v) is 3.57. The van der Waals surface area contributed by atoms with Crippen LogP contribution in [0.15, 0.2) is 39.6 Å². The Kier molecular flexibility index (Phi) is 6.24. The molecule has 0 atom stereocenters. The van der Waals surface area contributed by atoms with Crippen molar-refractivity contribution in [3.8, 4) is 11.5 Å². The van der Waals surface area contributed by atoms with E-state index in [9.17, 15) is 9.59 Å². The number of benzene rings is 2. The Hall–Kier alpha value is -2.84. The van der Waals surface area contributed by atoms with Crippen molar-refractivity contribution in [2.75, 3.05) is 13.7 Å². The summed E-state index contributed by atoms with van der Waals surface area (Å²) in [6.07, 6.45) is 1.61. The van der Waals surface area contributed by atoms with Crippen molar-refractivity contribution in [3.63, 3.8) is 0 Å². The molecular formula is C20H16BrClN2O5. The van der Waals surface area contributed by atoms with E-state index in [2.05, 4.69) is 25.9 Å². The zero-order valence-corrected chi connectivity index (χ0v) is 17.8. The number of ether oxygens (including phenoxy) is 2. The number of nitrogens with one attached hydrogen (secondary N) is 1. The number of rotatable bonds is 6. The first-order valence-corrected chi connectivity index (χ1v) is 9.66. The molecule has 0 radical (unpaired) electrons. The molecule has 3 rings (SSSR count). The van der Waals surface area contributed by atoms with Crippen molar-refractivity contribution < 1.29 is 19.4 Å². The Morgan fingerprint density at radius 3 is 2.76 bits per heavy atom. The van der Waals surface area contributed by atoms with Gasteiger partial charge in [0.2, 0.25) is 0 Å². The number of aromatic carboxylic acids is 1. The molecule has 0 aliphatic rings. The van der Waals surface area contributed by atoms with Crippen LogP contribution in [0.25, 0.3) is 22.0 Å². The van der Waals surface area contributed by atoms with Gasteiger partial charge in [0.05, 0.1) is 39.7 Å². The molecule has 0 amide bonds. The van der Waals surface area contributed by atoms with Gasteiger partial charge in [0, 0.05) is 0 Å². The molecule has 9 heteroatoms. The van der Waals surface area contributed by atoms with E-state index in [1.807, 2.05) is 6.92 Å². The molecule has 0 spiro atoms. The molecule has 0 unspecified atom stereocenters. The van der Waals surface area contributed by atoms with E-state index in [-0.39, 0.29) is 27.3 Å². The van der Waals surface area contributed by atoms with E-state index in [0.29, 0.717) is 28.1 Å². The van der Waals surface area contributed by atoms with Crippen molar-refractivity contribution in [1.82, 2.24) is 9.97 Å². The molecule has 3 aromatic rings. The van der Waals surface area contributed by atoms with Gasteiger partial charge >= 0.3 is 5.97 Å². The number of hydrogen-bond acceptors (Lipinski definition) is 5. The number of H-pyrrole nitrogens is 1. The average molecular weight is 480 g/mol. The van der Waals surface area contributed by atoms with Crippen LogP contribution in [0.3, 0.4) is 0 Å². The van der Waals surface area contributed by atoms with E-state index in [0.717, 1.165) is 0 Å². The van der Waals surface area contributed by atoms with Crippen LogP contribution < -0.4 is 15.0 Å². The third-order valence-corrected chi connectivity index (χ3v) is 4.89.